The van der Waals surface area contributed by atoms with E-state index in [9.17, 15) is 4.79 Å². The van der Waals surface area contributed by atoms with Gasteiger partial charge in [0.25, 0.3) is 0 Å². The minimum Gasteiger partial charge on any atom is -0.481 e. The molecular weight excluding hydrogens is 286 g/mol. The molecule has 21 heavy (non-hydrogen) atoms. The summed E-state index contributed by atoms with van der Waals surface area (Å²) in [6.45, 7) is 10.6. The zero-order chi connectivity index (χ0) is 15.8. The second kappa shape index (κ2) is 5.67. The first-order valence-electron chi connectivity index (χ1n) is 6.90. The van der Waals surface area contributed by atoms with Crippen molar-refractivity contribution in [3.8, 4) is 0 Å². The number of aliphatic carboxylic acids is 1. The van der Waals surface area contributed by atoms with E-state index in [-0.39, 0.29) is 17.2 Å². The molecule has 6 heteroatoms. The Morgan fingerprint density at radius 1 is 1.48 bits per heavy atom. The molecule has 0 aromatic carbocycles. The smallest absolute Gasteiger partial charge is 0.313 e. The zero-order valence-electron chi connectivity index (χ0n) is 13.0. The van der Waals surface area contributed by atoms with Crippen molar-refractivity contribution in [2.75, 3.05) is 5.75 Å². The van der Waals surface area contributed by atoms with E-state index >= 15 is 0 Å². The number of carboxylic acid groups (broad SMARTS) is 1. The summed E-state index contributed by atoms with van der Waals surface area (Å²) < 4.78 is 2.07. The molecular formula is C15H21N3O2S. The van der Waals surface area contributed by atoms with Gasteiger partial charge >= 0.3 is 5.97 Å². The normalized spacial score (nSPS) is 13.6. The first-order valence-corrected chi connectivity index (χ1v) is 7.88. The van der Waals surface area contributed by atoms with Gasteiger partial charge in [-0.15, -0.1) is 0 Å². The van der Waals surface area contributed by atoms with Gasteiger partial charge in [-0.2, -0.15) is 0 Å². The number of aryl methyl sites for hydroxylation is 1. The summed E-state index contributed by atoms with van der Waals surface area (Å²) in [6, 6.07) is 2.08. The maximum atomic E-state index is 10.9. The van der Waals surface area contributed by atoms with Crippen LogP contribution in [0.5, 0.6) is 0 Å². The molecule has 0 radical (unpaired) electrons. The minimum absolute atomic E-state index is 0.000762. The van der Waals surface area contributed by atoms with E-state index in [1.807, 2.05) is 13.0 Å². The van der Waals surface area contributed by atoms with Crippen LogP contribution < -0.4 is 0 Å². The largest absolute Gasteiger partial charge is 0.481 e. The van der Waals surface area contributed by atoms with Crippen molar-refractivity contribution in [2.45, 2.75) is 45.8 Å². The SMILES string of the molecule is Cc1ccnc2c1nc(SCC(=O)O)n2C(C)C(C)(C)C. The highest BCUT2D eigenvalue weighted by atomic mass is 32.2. The number of rotatable bonds is 4. The molecule has 1 unspecified atom stereocenters. The van der Waals surface area contributed by atoms with Crippen molar-refractivity contribution in [1.82, 2.24) is 14.5 Å². The van der Waals surface area contributed by atoms with E-state index in [4.69, 9.17) is 5.11 Å². The summed E-state index contributed by atoms with van der Waals surface area (Å²) in [5.41, 5.74) is 2.75. The number of imidazole rings is 1. The molecule has 0 bridgehead atoms. The molecule has 0 amide bonds. The number of carboxylic acids is 1. The molecule has 0 saturated carbocycles. The Labute approximate surface area is 128 Å². The Morgan fingerprint density at radius 2 is 2.14 bits per heavy atom. The third-order valence-corrected chi connectivity index (χ3v) is 4.65. The van der Waals surface area contributed by atoms with Crippen LogP contribution in [-0.4, -0.2) is 31.4 Å². The van der Waals surface area contributed by atoms with Gasteiger partial charge in [0.1, 0.15) is 5.52 Å². The second-order valence-electron chi connectivity index (χ2n) is 6.29. The minimum atomic E-state index is -0.841. The quantitative estimate of drug-likeness (QED) is 0.875. The number of fused-ring (bicyclic) bond motifs is 1. The standard InChI is InChI=1S/C15H21N3O2S/c1-9-6-7-16-13-12(9)17-14(21-8-11(19)20)18(13)10(2)15(3,4)5/h6-7,10H,8H2,1-5H3,(H,19,20). The van der Waals surface area contributed by atoms with Gasteiger partial charge in [0.15, 0.2) is 10.8 Å². The van der Waals surface area contributed by atoms with Crippen molar-refractivity contribution in [1.29, 1.82) is 0 Å². The monoisotopic (exact) mass is 307 g/mol. The van der Waals surface area contributed by atoms with Crippen LogP contribution in [0.2, 0.25) is 0 Å². The van der Waals surface area contributed by atoms with E-state index in [1.165, 1.54) is 11.8 Å². The Bertz CT molecular complexity index is 673. The number of pyridine rings is 1. The molecule has 0 aliphatic rings. The highest BCUT2D eigenvalue weighted by Crippen LogP contribution is 2.36. The van der Waals surface area contributed by atoms with E-state index in [1.54, 1.807) is 6.20 Å². The van der Waals surface area contributed by atoms with Crippen molar-refractivity contribution < 1.29 is 9.90 Å². The van der Waals surface area contributed by atoms with Gasteiger partial charge in [-0.05, 0) is 30.9 Å². The maximum Gasteiger partial charge on any atom is 0.313 e. The molecule has 0 saturated heterocycles. The lowest BCUT2D eigenvalue weighted by molar-refractivity contribution is -0.133. The third kappa shape index (κ3) is 3.20. The molecule has 2 aromatic heterocycles. The van der Waals surface area contributed by atoms with Gasteiger partial charge in [-0.25, -0.2) is 9.97 Å². The van der Waals surface area contributed by atoms with Crippen LogP contribution in [0.25, 0.3) is 11.2 Å². The Balaban J connectivity index is 2.60. The molecule has 0 fully saturated rings. The van der Waals surface area contributed by atoms with Crippen molar-refractivity contribution in [2.24, 2.45) is 5.41 Å². The molecule has 2 rings (SSSR count). The lowest BCUT2D eigenvalue weighted by atomic mass is 9.88. The van der Waals surface area contributed by atoms with Crippen LogP contribution in [0.3, 0.4) is 0 Å². The lowest BCUT2D eigenvalue weighted by Crippen LogP contribution is -2.22. The van der Waals surface area contributed by atoms with Gasteiger partial charge < -0.3 is 9.67 Å². The Hall–Kier alpha value is -1.56. The molecule has 2 aromatic rings. The molecule has 0 spiro atoms. The van der Waals surface area contributed by atoms with Gasteiger partial charge in [0, 0.05) is 12.2 Å². The molecule has 2 heterocycles. The molecule has 1 atom stereocenters. The fraction of sp³-hybridized carbons (Fsp3) is 0.533. The van der Waals surface area contributed by atoms with Crippen LogP contribution in [0.4, 0.5) is 0 Å². The summed E-state index contributed by atoms with van der Waals surface area (Å²) in [5, 5.41) is 9.64. The lowest BCUT2D eigenvalue weighted by Gasteiger charge is -2.29. The highest BCUT2D eigenvalue weighted by Gasteiger charge is 2.27. The van der Waals surface area contributed by atoms with Gasteiger partial charge in [-0.1, -0.05) is 32.5 Å². The molecule has 0 aliphatic carbocycles. The fourth-order valence-electron chi connectivity index (χ4n) is 2.06. The van der Waals surface area contributed by atoms with Crippen LogP contribution >= 0.6 is 11.8 Å². The van der Waals surface area contributed by atoms with Crippen LogP contribution in [0.15, 0.2) is 17.4 Å². The van der Waals surface area contributed by atoms with E-state index < -0.39 is 5.97 Å². The average molecular weight is 307 g/mol. The van der Waals surface area contributed by atoms with Crippen molar-refractivity contribution >= 4 is 28.9 Å². The van der Waals surface area contributed by atoms with Crippen LogP contribution in [0, 0.1) is 12.3 Å². The molecule has 0 aliphatic heterocycles. The molecule has 1 N–H and O–H groups in total. The van der Waals surface area contributed by atoms with E-state index in [2.05, 4.69) is 42.2 Å². The number of hydrogen-bond donors (Lipinski definition) is 1. The van der Waals surface area contributed by atoms with Gasteiger partial charge in [-0.3, -0.25) is 4.79 Å². The summed E-state index contributed by atoms with van der Waals surface area (Å²) in [7, 11) is 0. The third-order valence-electron chi connectivity index (χ3n) is 3.71. The topological polar surface area (TPSA) is 68.0 Å². The summed E-state index contributed by atoms with van der Waals surface area (Å²) in [4.78, 5) is 19.9. The number of aromatic nitrogens is 3. The summed E-state index contributed by atoms with van der Waals surface area (Å²) in [6.07, 6.45) is 1.77. The van der Waals surface area contributed by atoms with E-state index in [0.717, 1.165) is 21.9 Å². The average Bonchev–Trinajstić information content (AvgIpc) is 2.74. The summed E-state index contributed by atoms with van der Waals surface area (Å²) >= 11 is 1.25. The second-order valence-corrected chi connectivity index (χ2v) is 7.23. The summed E-state index contributed by atoms with van der Waals surface area (Å²) in [5.74, 6) is -0.842. The Morgan fingerprint density at radius 3 is 2.71 bits per heavy atom. The van der Waals surface area contributed by atoms with Crippen molar-refractivity contribution in [3.05, 3.63) is 17.8 Å². The van der Waals surface area contributed by atoms with Gasteiger partial charge in [0.05, 0.1) is 5.75 Å². The van der Waals surface area contributed by atoms with Gasteiger partial charge in [0.2, 0.25) is 0 Å². The maximum absolute atomic E-state index is 10.9. The number of nitrogens with zero attached hydrogens (tertiary/aromatic N) is 3. The Kier molecular flexibility index (Phi) is 4.27. The first-order chi connectivity index (χ1) is 9.71. The van der Waals surface area contributed by atoms with Crippen LogP contribution in [-0.2, 0) is 4.79 Å². The molecule has 5 nitrogen and oxygen atoms in total. The van der Waals surface area contributed by atoms with Crippen LogP contribution in [0.1, 0.15) is 39.3 Å². The fourth-order valence-corrected chi connectivity index (χ4v) is 2.85. The molecule has 114 valence electrons. The first kappa shape index (κ1) is 15.8. The number of thioether (sulfide) groups is 1. The zero-order valence-corrected chi connectivity index (χ0v) is 13.9. The van der Waals surface area contributed by atoms with Crippen molar-refractivity contribution in [3.63, 3.8) is 0 Å². The predicted octanol–water partition coefficient (Wildman–Crippen LogP) is 3.52. The predicted molar refractivity (Wildman–Crippen MR) is 84.8 cm³/mol. The number of carbonyl (C=O) groups is 1. The van der Waals surface area contributed by atoms with E-state index in [0.29, 0.717) is 0 Å². The number of hydrogen-bond acceptors (Lipinski definition) is 4. The highest BCUT2D eigenvalue weighted by molar-refractivity contribution is 7.99.